The SMILES string of the molecule is Cc1nc(-c2ccc(Cl)s2)sc1C(=O)Nc1ccccc1CN1CCCC(C(N)=O)C1. The van der Waals surface area contributed by atoms with Crippen LogP contribution < -0.4 is 11.1 Å². The minimum atomic E-state index is -0.241. The van der Waals surface area contributed by atoms with Crippen LogP contribution >= 0.6 is 34.3 Å². The minimum Gasteiger partial charge on any atom is -0.369 e. The molecule has 1 aromatic carbocycles. The van der Waals surface area contributed by atoms with Gasteiger partial charge in [-0.3, -0.25) is 14.5 Å². The fraction of sp³-hybridized carbons (Fsp3) is 0.318. The van der Waals surface area contributed by atoms with Crippen LogP contribution in [0, 0.1) is 12.8 Å². The number of nitrogens with zero attached hydrogens (tertiary/aromatic N) is 2. The molecule has 1 unspecified atom stereocenters. The third-order valence-corrected chi connectivity index (χ3v) is 7.91. The molecule has 3 N–H and O–H groups in total. The smallest absolute Gasteiger partial charge is 0.267 e. The van der Waals surface area contributed by atoms with Crippen molar-refractivity contribution in [2.75, 3.05) is 18.4 Å². The van der Waals surface area contributed by atoms with Gasteiger partial charge in [0.05, 0.1) is 20.8 Å². The zero-order valence-corrected chi connectivity index (χ0v) is 19.4. The lowest BCUT2D eigenvalue weighted by molar-refractivity contribution is -0.123. The number of piperidine rings is 1. The fourth-order valence-corrected chi connectivity index (χ4v) is 5.83. The number of halogens is 1. The van der Waals surface area contributed by atoms with Crippen molar-refractivity contribution in [3.05, 3.63) is 56.9 Å². The molecule has 0 saturated carbocycles. The zero-order chi connectivity index (χ0) is 22.0. The van der Waals surface area contributed by atoms with E-state index in [0.29, 0.717) is 28.0 Å². The van der Waals surface area contributed by atoms with Crippen LogP contribution in [0.15, 0.2) is 36.4 Å². The molecule has 1 aliphatic rings. The number of anilines is 1. The highest BCUT2D eigenvalue weighted by atomic mass is 35.5. The number of rotatable bonds is 6. The Morgan fingerprint density at radius 2 is 2.06 bits per heavy atom. The fourth-order valence-electron chi connectivity index (χ4n) is 3.77. The van der Waals surface area contributed by atoms with Gasteiger partial charge in [-0.25, -0.2) is 4.98 Å². The predicted molar refractivity (Wildman–Crippen MR) is 127 cm³/mol. The Balaban J connectivity index is 1.49. The van der Waals surface area contributed by atoms with E-state index in [9.17, 15) is 9.59 Å². The summed E-state index contributed by atoms with van der Waals surface area (Å²) in [5, 5.41) is 3.84. The summed E-state index contributed by atoms with van der Waals surface area (Å²) in [7, 11) is 0. The van der Waals surface area contributed by atoms with Gasteiger partial charge in [0.25, 0.3) is 5.91 Å². The zero-order valence-electron chi connectivity index (χ0n) is 17.1. The third-order valence-electron chi connectivity index (χ3n) is 5.35. The number of hydrogen-bond donors (Lipinski definition) is 2. The van der Waals surface area contributed by atoms with Gasteiger partial charge in [-0.2, -0.15) is 0 Å². The van der Waals surface area contributed by atoms with Gasteiger partial charge < -0.3 is 11.1 Å². The summed E-state index contributed by atoms with van der Waals surface area (Å²) in [6.07, 6.45) is 1.78. The van der Waals surface area contributed by atoms with Crippen molar-refractivity contribution in [3.63, 3.8) is 0 Å². The van der Waals surface area contributed by atoms with Gasteiger partial charge >= 0.3 is 0 Å². The first-order chi connectivity index (χ1) is 14.9. The van der Waals surface area contributed by atoms with E-state index in [1.54, 1.807) is 0 Å². The van der Waals surface area contributed by atoms with Gasteiger partial charge in [0.15, 0.2) is 0 Å². The molecule has 0 bridgehead atoms. The number of para-hydroxylation sites is 1. The Bertz CT molecular complexity index is 1110. The molecule has 1 fully saturated rings. The normalized spacial score (nSPS) is 16.9. The highest BCUT2D eigenvalue weighted by molar-refractivity contribution is 7.24. The number of likely N-dealkylation sites (tertiary alicyclic amines) is 1. The number of nitrogens with one attached hydrogen (secondary N) is 1. The second kappa shape index (κ2) is 9.48. The van der Waals surface area contributed by atoms with Crippen molar-refractivity contribution in [2.24, 2.45) is 11.7 Å². The summed E-state index contributed by atoms with van der Waals surface area (Å²) in [4.78, 5) is 32.9. The summed E-state index contributed by atoms with van der Waals surface area (Å²) in [6, 6.07) is 11.5. The molecule has 0 radical (unpaired) electrons. The Kier molecular flexibility index (Phi) is 6.71. The first-order valence-electron chi connectivity index (χ1n) is 10.0. The van der Waals surface area contributed by atoms with Gasteiger partial charge in [-0.1, -0.05) is 29.8 Å². The van der Waals surface area contributed by atoms with Crippen LogP contribution in [0.5, 0.6) is 0 Å². The number of amides is 2. The molecular formula is C22H23ClN4O2S2. The molecule has 0 aliphatic carbocycles. The maximum atomic E-state index is 13.0. The maximum Gasteiger partial charge on any atom is 0.267 e. The van der Waals surface area contributed by atoms with E-state index in [0.717, 1.165) is 40.5 Å². The number of hydrogen-bond acceptors (Lipinski definition) is 6. The van der Waals surface area contributed by atoms with Gasteiger partial charge in [0.1, 0.15) is 9.88 Å². The van der Waals surface area contributed by atoms with Crippen molar-refractivity contribution in [2.45, 2.75) is 26.3 Å². The number of primary amides is 1. The van der Waals surface area contributed by atoms with Gasteiger partial charge in [-0.15, -0.1) is 22.7 Å². The molecule has 1 saturated heterocycles. The van der Waals surface area contributed by atoms with E-state index in [2.05, 4.69) is 15.2 Å². The number of aromatic nitrogens is 1. The summed E-state index contributed by atoms with van der Waals surface area (Å²) in [5.41, 5.74) is 7.98. The molecule has 2 aromatic heterocycles. The van der Waals surface area contributed by atoms with E-state index in [-0.39, 0.29) is 17.7 Å². The number of aryl methyl sites for hydroxylation is 1. The second-order valence-electron chi connectivity index (χ2n) is 7.63. The number of benzene rings is 1. The average Bonchev–Trinajstić information content (AvgIpc) is 3.35. The molecule has 3 heterocycles. The third kappa shape index (κ3) is 5.15. The minimum absolute atomic E-state index is 0.112. The summed E-state index contributed by atoms with van der Waals surface area (Å²) in [5.74, 6) is -0.528. The highest BCUT2D eigenvalue weighted by Gasteiger charge is 2.25. The molecule has 3 aromatic rings. The Morgan fingerprint density at radius 1 is 1.26 bits per heavy atom. The molecule has 1 atom stereocenters. The second-order valence-corrected chi connectivity index (χ2v) is 10.3. The molecule has 9 heteroatoms. The Hall–Kier alpha value is -2.26. The number of thiophene rings is 1. The summed E-state index contributed by atoms with van der Waals surface area (Å²) >= 11 is 8.85. The van der Waals surface area contributed by atoms with Crippen LogP contribution in [0.25, 0.3) is 9.88 Å². The number of nitrogens with two attached hydrogens (primary N) is 1. The van der Waals surface area contributed by atoms with E-state index in [4.69, 9.17) is 17.3 Å². The van der Waals surface area contributed by atoms with E-state index in [1.807, 2.05) is 43.3 Å². The number of carbonyl (C=O) groups excluding carboxylic acids is 2. The topological polar surface area (TPSA) is 88.3 Å². The Morgan fingerprint density at radius 3 is 2.81 bits per heavy atom. The average molecular weight is 475 g/mol. The lowest BCUT2D eigenvalue weighted by Crippen LogP contribution is -2.40. The van der Waals surface area contributed by atoms with Crippen LogP contribution in [0.2, 0.25) is 4.34 Å². The molecule has 4 rings (SSSR count). The molecule has 2 amide bonds. The van der Waals surface area contributed by atoms with Crippen LogP contribution in [0.1, 0.15) is 33.8 Å². The lowest BCUT2D eigenvalue weighted by Gasteiger charge is -2.31. The van der Waals surface area contributed by atoms with Crippen molar-refractivity contribution < 1.29 is 9.59 Å². The van der Waals surface area contributed by atoms with Crippen molar-refractivity contribution in [3.8, 4) is 9.88 Å². The standard InChI is InChI=1S/C22H23ClN4O2S2/c1-13-19(31-22(25-13)17-8-9-18(23)30-17)21(29)26-16-7-3-2-5-14(16)11-27-10-4-6-15(12-27)20(24)28/h2-3,5,7-9,15H,4,6,10-12H2,1H3,(H2,24,28)(H,26,29). The largest absolute Gasteiger partial charge is 0.369 e. The van der Waals surface area contributed by atoms with Gasteiger partial charge in [-0.05, 0) is 50.1 Å². The molecular weight excluding hydrogens is 452 g/mol. The molecule has 6 nitrogen and oxygen atoms in total. The summed E-state index contributed by atoms with van der Waals surface area (Å²) in [6.45, 7) is 4.06. The van der Waals surface area contributed by atoms with Crippen LogP contribution in [-0.2, 0) is 11.3 Å². The first-order valence-corrected chi connectivity index (χ1v) is 12.1. The monoisotopic (exact) mass is 474 g/mol. The maximum absolute atomic E-state index is 13.0. The van der Waals surface area contributed by atoms with Gasteiger partial charge in [0, 0.05) is 18.8 Å². The van der Waals surface area contributed by atoms with Gasteiger partial charge in [0.2, 0.25) is 5.91 Å². The van der Waals surface area contributed by atoms with E-state index >= 15 is 0 Å². The number of thiazole rings is 1. The predicted octanol–water partition coefficient (Wildman–Crippen LogP) is 4.78. The van der Waals surface area contributed by atoms with Crippen LogP contribution in [0.4, 0.5) is 5.69 Å². The van der Waals surface area contributed by atoms with E-state index in [1.165, 1.54) is 22.7 Å². The van der Waals surface area contributed by atoms with Crippen molar-refractivity contribution >= 4 is 51.8 Å². The van der Waals surface area contributed by atoms with Crippen molar-refractivity contribution in [1.29, 1.82) is 0 Å². The highest BCUT2D eigenvalue weighted by Crippen LogP contribution is 2.35. The molecule has 162 valence electrons. The van der Waals surface area contributed by atoms with Crippen LogP contribution in [0.3, 0.4) is 0 Å². The Labute approximate surface area is 194 Å². The first kappa shape index (κ1) is 22.0. The lowest BCUT2D eigenvalue weighted by atomic mass is 9.97. The quantitative estimate of drug-likeness (QED) is 0.538. The van der Waals surface area contributed by atoms with E-state index < -0.39 is 0 Å². The summed E-state index contributed by atoms with van der Waals surface area (Å²) < 4.78 is 0.694. The molecule has 0 spiro atoms. The molecule has 1 aliphatic heterocycles. The van der Waals surface area contributed by atoms with Crippen molar-refractivity contribution in [1.82, 2.24) is 9.88 Å². The molecule has 31 heavy (non-hydrogen) atoms. The number of carbonyl (C=O) groups is 2. The van der Waals surface area contributed by atoms with Crippen LogP contribution in [-0.4, -0.2) is 34.8 Å².